The van der Waals surface area contributed by atoms with E-state index in [1.54, 1.807) is 11.3 Å². The van der Waals surface area contributed by atoms with Gasteiger partial charge in [0.05, 0.1) is 6.54 Å². The molecule has 2 aromatic rings. The third kappa shape index (κ3) is 3.94. The van der Waals surface area contributed by atoms with Gasteiger partial charge in [-0.3, -0.25) is 4.68 Å². The van der Waals surface area contributed by atoms with Crippen LogP contribution in [0.25, 0.3) is 0 Å². The molecule has 0 atom stereocenters. The first-order chi connectivity index (χ1) is 8.38. The minimum atomic E-state index is 0.763. The number of nitrogens with one attached hydrogen (secondary N) is 1. The topological polar surface area (TPSA) is 42.7 Å². The molecule has 17 heavy (non-hydrogen) atoms. The second-order valence-corrected chi connectivity index (χ2v) is 4.76. The van der Waals surface area contributed by atoms with Crippen LogP contribution < -0.4 is 5.32 Å². The van der Waals surface area contributed by atoms with Crippen LogP contribution in [0.2, 0.25) is 0 Å². The first-order valence-electron chi connectivity index (χ1n) is 5.98. The fourth-order valence-electron chi connectivity index (χ4n) is 1.58. The monoisotopic (exact) mass is 250 g/mol. The van der Waals surface area contributed by atoms with Gasteiger partial charge in [0, 0.05) is 6.54 Å². The van der Waals surface area contributed by atoms with Gasteiger partial charge >= 0.3 is 0 Å². The highest BCUT2D eigenvalue weighted by molar-refractivity contribution is 7.07. The van der Waals surface area contributed by atoms with E-state index in [0.717, 1.165) is 38.3 Å². The second-order valence-electron chi connectivity index (χ2n) is 3.98. The molecule has 0 saturated heterocycles. The van der Waals surface area contributed by atoms with Crippen molar-refractivity contribution in [2.45, 2.75) is 32.9 Å². The summed E-state index contributed by atoms with van der Waals surface area (Å²) < 4.78 is 1.92. The minimum absolute atomic E-state index is 0.763. The molecule has 92 valence electrons. The first-order valence-corrected chi connectivity index (χ1v) is 6.93. The lowest BCUT2D eigenvalue weighted by molar-refractivity contribution is 0.590. The van der Waals surface area contributed by atoms with E-state index in [-0.39, 0.29) is 0 Å². The largest absolute Gasteiger partial charge is 0.310 e. The quantitative estimate of drug-likeness (QED) is 0.765. The third-order valence-corrected chi connectivity index (χ3v) is 3.24. The molecule has 4 nitrogen and oxygen atoms in total. The predicted octanol–water partition coefficient (Wildman–Crippen LogP) is 2.08. The normalized spacial score (nSPS) is 10.9. The molecule has 0 radical (unpaired) electrons. The van der Waals surface area contributed by atoms with Gasteiger partial charge in [-0.05, 0) is 41.8 Å². The number of rotatable bonds is 7. The Morgan fingerprint density at radius 3 is 3.18 bits per heavy atom. The van der Waals surface area contributed by atoms with Gasteiger partial charge in [-0.25, -0.2) is 4.98 Å². The highest BCUT2D eigenvalue weighted by Gasteiger charge is 2.00. The van der Waals surface area contributed by atoms with Crippen molar-refractivity contribution >= 4 is 11.3 Å². The van der Waals surface area contributed by atoms with Crippen LogP contribution in [-0.2, 0) is 19.5 Å². The number of hydrogen-bond donors (Lipinski definition) is 1. The Labute approximate surface area is 106 Å². The standard InChI is InChI=1S/C12H18N4S/c1-2-5-13-8-12-14-10-16(15-12)6-3-11-4-7-17-9-11/h4,7,9-10,13H,2-3,5-6,8H2,1H3. The Bertz CT molecular complexity index is 421. The van der Waals surface area contributed by atoms with Gasteiger partial charge in [0.25, 0.3) is 0 Å². The molecular weight excluding hydrogens is 232 g/mol. The SMILES string of the molecule is CCCNCc1ncn(CCc2ccsc2)n1. The zero-order valence-corrected chi connectivity index (χ0v) is 10.9. The molecule has 2 aromatic heterocycles. The van der Waals surface area contributed by atoms with E-state index in [9.17, 15) is 0 Å². The first kappa shape index (κ1) is 12.3. The summed E-state index contributed by atoms with van der Waals surface area (Å²) >= 11 is 1.74. The van der Waals surface area contributed by atoms with Crippen LogP contribution in [0.4, 0.5) is 0 Å². The van der Waals surface area contributed by atoms with Crippen LogP contribution in [-0.4, -0.2) is 21.3 Å². The molecule has 0 aliphatic rings. The van der Waals surface area contributed by atoms with Gasteiger partial charge in [0.1, 0.15) is 6.33 Å². The number of thiophene rings is 1. The summed E-state index contributed by atoms with van der Waals surface area (Å²) in [5.74, 6) is 0.878. The van der Waals surface area contributed by atoms with E-state index in [1.807, 2.05) is 11.0 Å². The van der Waals surface area contributed by atoms with Crippen molar-refractivity contribution in [2.75, 3.05) is 6.54 Å². The zero-order chi connectivity index (χ0) is 11.9. The molecule has 5 heteroatoms. The predicted molar refractivity (Wildman–Crippen MR) is 70.0 cm³/mol. The maximum absolute atomic E-state index is 4.43. The van der Waals surface area contributed by atoms with Crippen LogP contribution in [0.15, 0.2) is 23.2 Å². The van der Waals surface area contributed by atoms with Crippen molar-refractivity contribution in [3.63, 3.8) is 0 Å². The van der Waals surface area contributed by atoms with E-state index < -0.39 is 0 Å². The summed E-state index contributed by atoms with van der Waals surface area (Å²) in [5.41, 5.74) is 1.37. The molecule has 0 saturated carbocycles. The highest BCUT2D eigenvalue weighted by atomic mass is 32.1. The highest BCUT2D eigenvalue weighted by Crippen LogP contribution is 2.07. The number of aryl methyl sites for hydroxylation is 2. The molecule has 2 heterocycles. The fourth-order valence-corrected chi connectivity index (χ4v) is 2.28. The summed E-state index contributed by atoms with van der Waals surface area (Å²) in [5, 5.41) is 12.0. The average Bonchev–Trinajstić information content (AvgIpc) is 2.98. The average molecular weight is 250 g/mol. The van der Waals surface area contributed by atoms with Crippen LogP contribution in [0, 0.1) is 0 Å². The maximum atomic E-state index is 4.43. The van der Waals surface area contributed by atoms with E-state index in [1.165, 1.54) is 5.56 Å². The molecule has 0 fully saturated rings. The van der Waals surface area contributed by atoms with E-state index in [0.29, 0.717) is 0 Å². The minimum Gasteiger partial charge on any atom is -0.310 e. The van der Waals surface area contributed by atoms with Crippen LogP contribution >= 0.6 is 11.3 Å². The summed E-state index contributed by atoms with van der Waals surface area (Å²) in [4.78, 5) is 4.28. The van der Waals surface area contributed by atoms with Gasteiger partial charge < -0.3 is 5.32 Å². The van der Waals surface area contributed by atoms with Crippen LogP contribution in [0.1, 0.15) is 24.7 Å². The smallest absolute Gasteiger partial charge is 0.164 e. The molecule has 1 N–H and O–H groups in total. The van der Waals surface area contributed by atoms with Crippen LogP contribution in [0.5, 0.6) is 0 Å². The van der Waals surface area contributed by atoms with E-state index >= 15 is 0 Å². The summed E-state index contributed by atoms with van der Waals surface area (Å²) in [6, 6.07) is 2.16. The van der Waals surface area contributed by atoms with Crippen molar-refractivity contribution < 1.29 is 0 Å². The Morgan fingerprint density at radius 1 is 1.47 bits per heavy atom. The number of nitrogens with zero attached hydrogens (tertiary/aromatic N) is 3. The van der Waals surface area contributed by atoms with Crippen molar-refractivity contribution in [1.82, 2.24) is 20.1 Å². The zero-order valence-electron chi connectivity index (χ0n) is 10.1. The Morgan fingerprint density at radius 2 is 2.41 bits per heavy atom. The Kier molecular flexibility index (Phi) is 4.70. The van der Waals surface area contributed by atoms with Gasteiger partial charge in [-0.2, -0.15) is 16.4 Å². The lowest BCUT2D eigenvalue weighted by Gasteiger charge is -1.99. The molecule has 0 bridgehead atoms. The Hall–Kier alpha value is -1.20. The molecule has 0 aromatic carbocycles. The number of aromatic nitrogens is 3. The van der Waals surface area contributed by atoms with Crippen molar-refractivity contribution in [1.29, 1.82) is 0 Å². The van der Waals surface area contributed by atoms with Crippen molar-refractivity contribution in [3.05, 3.63) is 34.5 Å². The van der Waals surface area contributed by atoms with Crippen molar-refractivity contribution in [3.8, 4) is 0 Å². The Balaban J connectivity index is 1.77. The fraction of sp³-hybridized carbons (Fsp3) is 0.500. The van der Waals surface area contributed by atoms with Crippen molar-refractivity contribution in [2.24, 2.45) is 0 Å². The van der Waals surface area contributed by atoms with Gasteiger partial charge in [-0.1, -0.05) is 6.92 Å². The lowest BCUT2D eigenvalue weighted by Crippen LogP contribution is -2.15. The van der Waals surface area contributed by atoms with E-state index in [2.05, 4.69) is 39.1 Å². The summed E-state index contributed by atoms with van der Waals surface area (Å²) in [7, 11) is 0. The van der Waals surface area contributed by atoms with Gasteiger partial charge in [-0.15, -0.1) is 0 Å². The van der Waals surface area contributed by atoms with Crippen LogP contribution in [0.3, 0.4) is 0 Å². The molecular formula is C12H18N4S. The molecule has 2 rings (SSSR count). The molecule has 0 aliphatic carbocycles. The molecule has 0 spiro atoms. The lowest BCUT2D eigenvalue weighted by atomic mass is 10.2. The van der Waals surface area contributed by atoms with Gasteiger partial charge in [0.2, 0.25) is 0 Å². The van der Waals surface area contributed by atoms with Gasteiger partial charge in [0.15, 0.2) is 5.82 Å². The van der Waals surface area contributed by atoms with E-state index in [4.69, 9.17) is 0 Å². The maximum Gasteiger partial charge on any atom is 0.164 e. The molecule has 0 aliphatic heterocycles. The molecule has 0 unspecified atom stereocenters. The summed E-state index contributed by atoms with van der Waals surface area (Å²) in [6.45, 7) is 4.83. The second kappa shape index (κ2) is 6.51. The summed E-state index contributed by atoms with van der Waals surface area (Å²) in [6.07, 6.45) is 3.98. The number of hydrogen-bond acceptors (Lipinski definition) is 4. The third-order valence-electron chi connectivity index (χ3n) is 2.50. The molecule has 0 amide bonds.